The molecular formula is C4H3BrN2Zn. The number of halogens is 1. The van der Waals surface area contributed by atoms with Crippen LogP contribution in [-0.4, -0.2) is 9.97 Å². The molecule has 0 amide bonds. The average Bonchev–Trinajstić information content (AvgIpc) is 1.96. The molecule has 0 aliphatic rings. The van der Waals surface area contributed by atoms with Crippen LogP contribution < -0.4 is 0 Å². The third-order valence-electron chi connectivity index (χ3n) is 0.431. The van der Waals surface area contributed by atoms with Crippen molar-refractivity contribution in [1.29, 1.82) is 0 Å². The summed E-state index contributed by atoms with van der Waals surface area (Å²) >= 11 is 4.25. The Kier molecular flexibility index (Phi) is 7.35. The van der Waals surface area contributed by atoms with Gasteiger partial charge in [-0.15, -0.1) is 12.4 Å². The van der Waals surface area contributed by atoms with Crippen molar-refractivity contribution in [2.24, 2.45) is 0 Å². The average molecular weight is 224 g/mol. The molecular weight excluding hydrogens is 221 g/mol. The summed E-state index contributed by atoms with van der Waals surface area (Å²) in [5.74, 6) is 0. The number of hydrogen-bond acceptors (Lipinski definition) is 2. The Morgan fingerprint density at radius 3 is 1.88 bits per heavy atom. The maximum atomic E-state index is 3.62. The van der Waals surface area contributed by atoms with Gasteiger partial charge < -0.3 is 6.07 Å². The molecule has 1 aromatic heterocycles. The van der Waals surface area contributed by atoms with Crippen LogP contribution in [-0.2, 0) is 16.3 Å². The molecule has 0 saturated heterocycles. The quantitative estimate of drug-likeness (QED) is 0.487. The largest absolute Gasteiger partial charge is 0.434 e. The van der Waals surface area contributed by atoms with Gasteiger partial charge in [-0.2, -0.15) is 0 Å². The molecule has 0 bridgehead atoms. The molecule has 4 heteroatoms. The van der Waals surface area contributed by atoms with Gasteiger partial charge >= 0.3 is 30.0 Å². The fourth-order valence-electron chi connectivity index (χ4n) is 0.225. The van der Waals surface area contributed by atoms with Gasteiger partial charge in [-0.3, -0.25) is 9.97 Å². The van der Waals surface area contributed by atoms with Gasteiger partial charge in [0.2, 0.25) is 0 Å². The van der Waals surface area contributed by atoms with Crippen LogP contribution in [0.25, 0.3) is 0 Å². The van der Waals surface area contributed by atoms with Gasteiger partial charge in [-0.1, -0.05) is 0 Å². The molecule has 0 fully saturated rings. The van der Waals surface area contributed by atoms with E-state index in [0.717, 1.165) is 0 Å². The van der Waals surface area contributed by atoms with E-state index in [1.807, 2.05) is 0 Å². The van der Waals surface area contributed by atoms with Crippen LogP contribution in [0.2, 0.25) is 0 Å². The molecule has 0 atom stereocenters. The van der Waals surface area contributed by atoms with Crippen molar-refractivity contribution in [2.45, 2.75) is 0 Å². The first-order valence-corrected chi connectivity index (χ1v) is 8.83. The second-order valence-electron chi connectivity index (χ2n) is 0.838. The van der Waals surface area contributed by atoms with Gasteiger partial charge in [0.05, 0.1) is 0 Å². The van der Waals surface area contributed by atoms with E-state index in [4.69, 9.17) is 0 Å². The summed E-state index contributed by atoms with van der Waals surface area (Å²) < 4.78 is 0. The van der Waals surface area contributed by atoms with Crippen LogP contribution in [0.1, 0.15) is 0 Å². The van der Waals surface area contributed by atoms with E-state index < -0.39 is 0 Å². The molecule has 2 nitrogen and oxygen atoms in total. The molecule has 0 spiro atoms. The summed E-state index contributed by atoms with van der Waals surface area (Å²) in [6, 6.07) is 2.67. The normalized spacial score (nSPS) is 6.88. The van der Waals surface area contributed by atoms with Crippen LogP contribution in [0.5, 0.6) is 0 Å². The molecule has 1 rings (SSSR count). The molecule has 0 aromatic carbocycles. The summed E-state index contributed by atoms with van der Waals surface area (Å²) in [5, 5.41) is 0. The van der Waals surface area contributed by atoms with Crippen molar-refractivity contribution in [3.8, 4) is 0 Å². The number of rotatable bonds is 0. The Morgan fingerprint density at radius 2 is 1.75 bits per heavy atom. The first-order valence-electron chi connectivity index (χ1n) is 1.88. The zero-order valence-electron chi connectivity index (χ0n) is 4.21. The first kappa shape index (κ1) is 8.18. The minimum Gasteiger partial charge on any atom is -0.434 e. The summed E-state index contributed by atoms with van der Waals surface area (Å²) in [7, 11) is 0. The Bertz CT molecular complexity index is 86.0. The van der Waals surface area contributed by atoms with Crippen LogP contribution in [0.15, 0.2) is 18.7 Å². The second kappa shape index (κ2) is 7.18. The SMILES string of the molecule is [Zn+][Br].[c-]1cncnc1. The number of nitrogens with zero attached hydrogens (tertiary/aromatic N) is 2. The zero-order valence-corrected chi connectivity index (χ0v) is 8.76. The molecule has 1 aromatic rings. The van der Waals surface area contributed by atoms with E-state index in [1.165, 1.54) is 22.7 Å². The van der Waals surface area contributed by atoms with Gasteiger partial charge in [0.25, 0.3) is 0 Å². The predicted octanol–water partition coefficient (Wildman–Crippen LogP) is 1.12. The van der Waals surface area contributed by atoms with Crippen molar-refractivity contribution >= 4 is 13.6 Å². The second-order valence-corrected chi connectivity index (χ2v) is 0.838. The van der Waals surface area contributed by atoms with Crippen LogP contribution >= 0.6 is 13.6 Å². The van der Waals surface area contributed by atoms with Crippen molar-refractivity contribution in [3.63, 3.8) is 0 Å². The van der Waals surface area contributed by atoms with E-state index in [-0.39, 0.29) is 0 Å². The topological polar surface area (TPSA) is 25.8 Å². The Labute approximate surface area is 64.8 Å². The van der Waals surface area contributed by atoms with Crippen molar-refractivity contribution in [3.05, 3.63) is 24.8 Å². The fourth-order valence-corrected chi connectivity index (χ4v) is 0.225. The monoisotopic (exact) mass is 222 g/mol. The van der Waals surface area contributed by atoms with E-state index in [9.17, 15) is 0 Å². The Hall–Kier alpha value is 0.183. The Balaban J connectivity index is 0.000000222. The summed E-state index contributed by atoms with van der Waals surface area (Å²) in [6.45, 7) is 0. The molecule has 38 valence electrons. The van der Waals surface area contributed by atoms with Gasteiger partial charge in [0.1, 0.15) is 6.33 Å². The van der Waals surface area contributed by atoms with E-state index in [2.05, 4.69) is 29.7 Å². The van der Waals surface area contributed by atoms with Crippen molar-refractivity contribution in [2.75, 3.05) is 0 Å². The first-order chi connectivity index (χ1) is 4.00. The zero-order chi connectivity index (χ0) is 6.24. The molecule has 0 aliphatic heterocycles. The Morgan fingerprint density at radius 1 is 1.25 bits per heavy atom. The molecule has 0 unspecified atom stereocenters. The minimum atomic E-state index is 1.19. The molecule has 0 radical (unpaired) electrons. The maximum Gasteiger partial charge on any atom is 0.108 e. The summed E-state index contributed by atoms with van der Waals surface area (Å²) in [6.07, 6.45) is 4.59. The number of hydrogen-bond donors (Lipinski definition) is 0. The van der Waals surface area contributed by atoms with E-state index >= 15 is 0 Å². The minimum absolute atomic E-state index is 1.19. The smallest absolute Gasteiger partial charge is 0.108 e. The van der Waals surface area contributed by atoms with Crippen LogP contribution in [0.4, 0.5) is 0 Å². The molecule has 0 saturated carbocycles. The van der Waals surface area contributed by atoms with Crippen molar-refractivity contribution in [1.82, 2.24) is 9.97 Å². The molecule has 0 aliphatic carbocycles. The summed E-state index contributed by atoms with van der Waals surface area (Å²) in [5.41, 5.74) is 0. The van der Waals surface area contributed by atoms with Crippen LogP contribution in [0, 0.1) is 6.07 Å². The molecule has 0 N–H and O–H groups in total. The molecule has 8 heavy (non-hydrogen) atoms. The third-order valence-corrected chi connectivity index (χ3v) is 0.431. The standard InChI is InChI=1S/C4H3N2.BrH.Zn/c1-2-5-4-6-3-1;;/h2-4H;1H;/q-1;;+2/p-1. The maximum absolute atomic E-state index is 3.62. The predicted molar refractivity (Wildman–Crippen MR) is 29.8 cm³/mol. The van der Waals surface area contributed by atoms with E-state index in [1.54, 1.807) is 12.4 Å². The van der Waals surface area contributed by atoms with Gasteiger partial charge in [-0.25, -0.2) is 0 Å². The number of aromatic nitrogens is 2. The fraction of sp³-hybridized carbons (Fsp3) is 0. The van der Waals surface area contributed by atoms with Gasteiger partial charge in [0.15, 0.2) is 0 Å². The molecule has 1 heterocycles. The third kappa shape index (κ3) is 4.35. The van der Waals surface area contributed by atoms with Gasteiger partial charge in [-0.05, 0) is 0 Å². The van der Waals surface area contributed by atoms with Gasteiger partial charge in [0, 0.05) is 0 Å². The van der Waals surface area contributed by atoms with E-state index in [0.29, 0.717) is 0 Å². The van der Waals surface area contributed by atoms with Crippen LogP contribution in [0.3, 0.4) is 0 Å². The van der Waals surface area contributed by atoms with Crippen molar-refractivity contribution < 1.29 is 16.3 Å². The summed E-state index contributed by atoms with van der Waals surface area (Å²) in [4.78, 5) is 7.24.